The molecule has 2 heteroatoms. The average Bonchev–Trinajstić information content (AvgIpc) is 2.91. The summed E-state index contributed by atoms with van der Waals surface area (Å²) in [6.45, 7) is 2.09. The molecule has 0 spiro atoms. The van der Waals surface area contributed by atoms with Crippen molar-refractivity contribution in [1.29, 1.82) is 0 Å². The van der Waals surface area contributed by atoms with Crippen LogP contribution in [0.2, 0.25) is 0 Å². The summed E-state index contributed by atoms with van der Waals surface area (Å²) in [6, 6.07) is 8.34. The topological polar surface area (TPSA) is 12.0 Å². The number of anilines is 1. The molecule has 0 unspecified atom stereocenters. The molecule has 1 aromatic carbocycles. The van der Waals surface area contributed by atoms with Gasteiger partial charge >= 0.3 is 0 Å². The molecule has 0 aromatic heterocycles. The van der Waals surface area contributed by atoms with Crippen molar-refractivity contribution in [3.63, 3.8) is 0 Å². The van der Waals surface area contributed by atoms with Gasteiger partial charge in [0.15, 0.2) is 0 Å². The summed E-state index contributed by atoms with van der Waals surface area (Å²) in [5, 5.41) is 3.26. The van der Waals surface area contributed by atoms with Crippen molar-refractivity contribution in [1.82, 2.24) is 0 Å². The van der Waals surface area contributed by atoms with Crippen molar-refractivity contribution in [3.8, 4) is 0 Å². The van der Waals surface area contributed by atoms with Crippen LogP contribution in [0.15, 0.2) is 24.3 Å². The molecule has 2 rings (SSSR count). The fourth-order valence-corrected chi connectivity index (χ4v) is 1.58. The number of nitrogens with one attached hydrogen (secondary N) is 1. The molecule has 1 N–H and O–H groups in total. The number of hydrogen-bond acceptors (Lipinski definition) is 1. The largest absolute Gasteiger partial charge is 0.350 e. The molecule has 13 heavy (non-hydrogen) atoms. The van der Waals surface area contributed by atoms with Crippen LogP contribution in [-0.4, -0.2) is 4.99 Å². The van der Waals surface area contributed by atoms with E-state index < -0.39 is 0 Å². The second-order valence-corrected chi connectivity index (χ2v) is 4.07. The van der Waals surface area contributed by atoms with Gasteiger partial charge in [-0.1, -0.05) is 29.9 Å². The minimum Gasteiger partial charge on any atom is -0.350 e. The SMILES string of the molecule is Cc1ccc(NC(=S)C2CC2)cc1. The summed E-state index contributed by atoms with van der Waals surface area (Å²) in [5.74, 6) is 0.649. The second-order valence-electron chi connectivity index (χ2n) is 3.63. The summed E-state index contributed by atoms with van der Waals surface area (Å²) in [6.07, 6.45) is 2.52. The first-order valence-electron chi connectivity index (χ1n) is 4.63. The first-order valence-corrected chi connectivity index (χ1v) is 5.04. The molecule has 0 heterocycles. The lowest BCUT2D eigenvalue weighted by Gasteiger charge is -2.06. The van der Waals surface area contributed by atoms with E-state index in [2.05, 4.69) is 36.5 Å². The first kappa shape index (κ1) is 8.70. The van der Waals surface area contributed by atoms with Gasteiger partial charge in [-0.15, -0.1) is 0 Å². The molecular weight excluding hydrogens is 178 g/mol. The van der Waals surface area contributed by atoms with E-state index in [9.17, 15) is 0 Å². The maximum atomic E-state index is 5.24. The van der Waals surface area contributed by atoms with Crippen molar-refractivity contribution in [2.75, 3.05) is 5.32 Å². The zero-order valence-corrected chi connectivity index (χ0v) is 8.53. The Balaban J connectivity index is 2.00. The smallest absolute Gasteiger partial charge is 0.0828 e. The maximum absolute atomic E-state index is 5.24. The molecule has 0 saturated heterocycles. The number of benzene rings is 1. The fraction of sp³-hybridized carbons (Fsp3) is 0.364. The van der Waals surface area contributed by atoms with Gasteiger partial charge in [0.2, 0.25) is 0 Å². The van der Waals surface area contributed by atoms with E-state index in [-0.39, 0.29) is 0 Å². The third kappa shape index (κ3) is 2.28. The van der Waals surface area contributed by atoms with Gasteiger partial charge in [0.25, 0.3) is 0 Å². The van der Waals surface area contributed by atoms with Crippen LogP contribution >= 0.6 is 12.2 Å². The number of hydrogen-bond donors (Lipinski definition) is 1. The molecule has 1 nitrogen and oxygen atoms in total. The van der Waals surface area contributed by atoms with Gasteiger partial charge in [-0.2, -0.15) is 0 Å². The van der Waals surface area contributed by atoms with E-state index in [1.807, 2.05) is 0 Å². The summed E-state index contributed by atoms with van der Waals surface area (Å²) in [7, 11) is 0. The van der Waals surface area contributed by atoms with E-state index in [0.717, 1.165) is 10.7 Å². The van der Waals surface area contributed by atoms with E-state index in [4.69, 9.17) is 12.2 Å². The Hall–Kier alpha value is -0.890. The van der Waals surface area contributed by atoms with Crippen LogP contribution in [0.5, 0.6) is 0 Å². The molecule has 1 aromatic rings. The second kappa shape index (κ2) is 3.46. The van der Waals surface area contributed by atoms with Crippen LogP contribution in [0, 0.1) is 12.8 Å². The van der Waals surface area contributed by atoms with E-state index in [0.29, 0.717) is 5.92 Å². The number of thiocarbonyl (C=S) groups is 1. The highest BCUT2D eigenvalue weighted by atomic mass is 32.1. The lowest BCUT2D eigenvalue weighted by atomic mass is 10.2. The Labute approximate surface area is 84.2 Å². The molecule has 68 valence electrons. The van der Waals surface area contributed by atoms with Gasteiger partial charge in [0.1, 0.15) is 0 Å². The average molecular weight is 191 g/mol. The Bertz CT molecular complexity index is 311. The van der Waals surface area contributed by atoms with Crippen LogP contribution in [0.3, 0.4) is 0 Å². The Morgan fingerprint density at radius 3 is 2.46 bits per heavy atom. The molecule has 1 fully saturated rings. The lowest BCUT2D eigenvalue weighted by Crippen LogP contribution is -2.10. The number of rotatable bonds is 2. The monoisotopic (exact) mass is 191 g/mol. The van der Waals surface area contributed by atoms with Gasteiger partial charge in [-0.25, -0.2) is 0 Å². The minimum atomic E-state index is 0.649. The van der Waals surface area contributed by atoms with Crippen molar-refractivity contribution < 1.29 is 0 Å². The summed E-state index contributed by atoms with van der Waals surface area (Å²) in [5.41, 5.74) is 2.39. The maximum Gasteiger partial charge on any atom is 0.0828 e. The number of aryl methyl sites for hydroxylation is 1. The van der Waals surface area contributed by atoms with Crippen molar-refractivity contribution in [3.05, 3.63) is 29.8 Å². The van der Waals surface area contributed by atoms with E-state index in [1.165, 1.54) is 18.4 Å². The van der Waals surface area contributed by atoms with Gasteiger partial charge in [-0.3, -0.25) is 0 Å². The lowest BCUT2D eigenvalue weighted by molar-refractivity contribution is 1.22. The molecule has 0 radical (unpaired) electrons. The predicted molar refractivity (Wildman–Crippen MR) is 60.1 cm³/mol. The molecule has 0 amide bonds. The van der Waals surface area contributed by atoms with Gasteiger partial charge < -0.3 is 5.32 Å². The highest BCUT2D eigenvalue weighted by Crippen LogP contribution is 2.31. The molecule has 1 aliphatic carbocycles. The molecule has 0 atom stereocenters. The first-order chi connectivity index (χ1) is 6.25. The van der Waals surface area contributed by atoms with Crippen molar-refractivity contribution in [2.45, 2.75) is 19.8 Å². The summed E-state index contributed by atoms with van der Waals surface area (Å²) >= 11 is 5.24. The molecule has 1 aliphatic rings. The van der Waals surface area contributed by atoms with Crippen LogP contribution in [0.25, 0.3) is 0 Å². The standard InChI is InChI=1S/C11H13NS/c1-8-2-6-10(7-3-8)12-11(13)9-4-5-9/h2-3,6-7,9H,4-5H2,1H3,(H,12,13). The van der Waals surface area contributed by atoms with Crippen LogP contribution < -0.4 is 5.32 Å². The Kier molecular flexibility index (Phi) is 2.32. The third-order valence-corrected chi connectivity index (χ3v) is 2.70. The normalized spacial score (nSPS) is 15.5. The van der Waals surface area contributed by atoms with E-state index in [1.54, 1.807) is 0 Å². The van der Waals surface area contributed by atoms with Gasteiger partial charge in [0.05, 0.1) is 4.99 Å². The predicted octanol–water partition coefficient (Wildman–Crippen LogP) is 3.14. The van der Waals surface area contributed by atoms with Gasteiger partial charge in [-0.05, 0) is 31.9 Å². The van der Waals surface area contributed by atoms with E-state index >= 15 is 0 Å². The van der Waals surface area contributed by atoms with Crippen LogP contribution in [0.1, 0.15) is 18.4 Å². The van der Waals surface area contributed by atoms with Gasteiger partial charge in [0, 0.05) is 11.6 Å². The zero-order valence-electron chi connectivity index (χ0n) is 7.71. The summed E-state index contributed by atoms with van der Waals surface area (Å²) in [4.78, 5) is 1.00. The fourth-order valence-electron chi connectivity index (χ4n) is 1.23. The Morgan fingerprint density at radius 1 is 1.31 bits per heavy atom. The highest BCUT2D eigenvalue weighted by Gasteiger charge is 2.25. The quantitative estimate of drug-likeness (QED) is 0.721. The molecular formula is C11H13NS. The molecule has 0 bridgehead atoms. The third-order valence-electron chi connectivity index (χ3n) is 2.27. The van der Waals surface area contributed by atoms with Crippen molar-refractivity contribution in [2.24, 2.45) is 5.92 Å². The molecule has 1 saturated carbocycles. The van der Waals surface area contributed by atoms with Crippen LogP contribution in [0.4, 0.5) is 5.69 Å². The highest BCUT2D eigenvalue weighted by molar-refractivity contribution is 7.80. The Morgan fingerprint density at radius 2 is 1.92 bits per heavy atom. The minimum absolute atomic E-state index is 0.649. The van der Waals surface area contributed by atoms with Crippen molar-refractivity contribution >= 4 is 22.9 Å². The zero-order chi connectivity index (χ0) is 9.26. The molecule has 0 aliphatic heterocycles. The summed E-state index contributed by atoms with van der Waals surface area (Å²) < 4.78 is 0. The van der Waals surface area contributed by atoms with Crippen LogP contribution in [-0.2, 0) is 0 Å².